The first-order valence-corrected chi connectivity index (χ1v) is 9.48. The molecule has 0 aliphatic heterocycles. The molecular weight excluding hydrogens is 486 g/mol. The van der Waals surface area contributed by atoms with Crippen LogP contribution in [0.2, 0.25) is 0 Å². The third-order valence-corrected chi connectivity index (χ3v) is 6.52. The van der Waals surface area contributed by atoms with Crippen LogP contribution in [0.25, 0.3) is 9.75 Å². The first kappa shape index (κ1) is 14.7. The van der Waals surface area contributed by atoms with Crippen molar-refractivity contribution in [1.82, 2.24) is 15.0 Å². The number of nitrogens with zero attached hydrogens (tertiary/aromatic N) is 3. The maximum absolute atomic E-state index is 4.11. The highest BCUT2D eigenvalue weighted by molar-refractivity contribution is 9.11. The Labute approximate surface area is 141 Å². The second-order valence-corrected chi connectivity index (χ2v) is 7.50. The normalized spacial score (nSPS) is 9.94. The second kappa shape index (κ2) is 7.20. The predicted molar refractivity (Wildman–Crippen MR) is 88.4 cm³/mol. The number of rotatable bonds is 1. The molecule has 0 amide bonds. The quantitative estimate of drug-likeness (QED) is 0.440. The monoisotopic (exact) mass is 487 g/mol. The molecule has 0 saturated heterocycles. The molecule has 0 N–H and O–H groups in total. The molecule has 3 nitrogen and oxygen atoms in total. The Morgan fingerprint density at radius 3 is 1.56 bits per heavy atom. The summed E-state index contributed by atoms with van der Waals surface area (Å²) in [4.78, 5) is 14.3. The van der Waals surface area contributed by atoms with Crippen molar-refractivity contribution in [2.24, 2.45) is 0 Å². The lowest BCUT2D eigenvalue weighted by Crippen LogP contribution is -1.69. The van der Waals surface area contributed by atoms with Crippen LogP contribution in [0.15, 0.2) is 35.7 Å². The van der Waals surface area contributed by atoms with Crippen molar-refractivity contribution in [3.63, 3.8) is 0 Å². The van der Waals surface area contributed by atoms with E-state index in [1.807, 2.05) is 16.4 Å². The molecule has 3 aromatic heterocycles. The van der Waals surface area contributed by atoms with Gasteiger partial charge in [-0.1, -0.05) is 0 Å². The number of hydrogen-bond donors (Lipinski definition) is 0. The van der Waals surface area contributed by atoms with Gasteiger partial charge in [-0.25, -0.2) is 15.0 Å². The van der Waals surface area contributed by atoms with Gasteiger partial charge < -0.3 is 0 Å². The van der Waals surface area contributed by atoms with Gasteiger partial charge in [-0.3, -0.25) is 0 Å². The van der Waals surface area contributed by atoms with Crippen LogP contribution in [0, 0.1) is 0 Å². The molecule has 0 unspecified atom stereocenters. The molecule has 3 aromatic rings. The molecule has 0 fully saturated rings. The molecule has 0 aliphatic rings. The Morgan fingerprint density at radius 1 is 0.778 bits per heavy atom. The summed E-state index contributed by atoms with van der Waals surface area (Å²) in [7, 11) is 0. The van der Waals surface area contributed by atoms with E-state index in [4.69, 9.17) is 0 Å². The molecule has 0 aliphatic carbocycles. The molecule has 0 saturated carbocycles. The average Bonchev–Trinajstić information content (AvgIpc) is 3.03. The highest BCUT2D eigenvalue weighted by Gasteiger charge is 2.11. The maximum Gasteiger partial charge on any atom is 0.125 e. The molecule has 3 rings (SSSR count). The summed E-state index contributed by atoms with van der Waals surface area (Å²) in [5.74, 6) is 0. The van der Waals surface area contributed by atoms with Gasteiger partial charge in [0.1, 0.15) is 13.8 Å². The lowest BCUT2D eigenvalue weighted by molar-refractivity contribution is 1.35. The Balaban J connectivity index is 0.000000169. The molecule has 0 bridgehead atoms. The van der Waals surface area contributed by atoms with E-state index in [1.165, 1.54) is 0 Å². The number of hydrogen-bond acceptors (Lipinski definition) is 6. The molecular formula is C9H4Br3N3S3. The topological polar surface area (TPSA) is 38.7 Å². The predicted octanol–water partition coefficient (Wildman–Crippen LogP) is 5.70. The van der Waals surface area contributed by atoms with E-state index < -0.39 is 0 Å². The maximum atomic E-state index is 4.11. The lowest BCUT2D eigenvalue weighted by Gasteiger charge is -1.90. The minimum absolute atomic E-state index is 0.887. The van der Waals surface area contributed by atoms with Crippen molar-refractivity contribution in [2.75, 3.05) is 0 Å². The SMILES string of the molecule is Brc1cscn1.Brc1ncsc1-c1scnc1Br. The van der Waals surface area contributed by atoms with Crippen LogP contribution >= 0.6 is 81.8 Å². The Kier molecular flexibility index (Phi) is 5.90. The van der Waals surface area contributed by atoms with E-state index in [9.17, 15) is 0 Å². The van der Waals surface area contributed by atoms with Gasteiger partial charge in [0.15, 0.2) is 0 Å². The van der Waals surface area contributed by atoms with E-state index in [0.29, 0.717) is 0 Å². The van der Waals surface area contributed by atoms with E-state index in [-0.39, 0.29) is 0 Å². The molecule has 0 radical (unpaired) electrons. The van der Waals surface area contributed by atoms with E-state index in [0.717, 1.165) is 23.6 Å². The van der Waals surface area contributed by atoms with Gasteiger partial charge in [0.05, 0.1) is 26.3 Å². The van der Waals surface area contributed by atoms with Gasteiger partial charge in [0.25, 0.3) is 0 Å². The zero-order valence-corrected chi connectivity index (χ0v) is 15.7. The van der Waals surface area contributed by atoms with Crippen molar-refractivity contribution in [1.29, 1.82) is 0 Å². The Hall–Kier alpha value is 0.330. The summed E-state index contributed by atoms with van der Waals surface area (Å²) in [5.41, 5.74) is 5.40. The number of aromatic nitrogens is 3. The highest BCUT2D eigenvalue weighted by Crippen LogP contribution is 2.38. The van der Waals surface area contributed by atoms with Crippen LogP contribution in [-0.2, 0) is 0 Å². The van der Waals surface area contributed by atoms with E-state index in [2.05, 4.69) is 62.7 Å². The fourth-order valence-electron chi connectivity index (χ4n) is 0.957. The van der Waals surface area contributed by atoms with Crippen molar-refractivity contribution in [3.05, 3.63) is 35.7 Å². The Bertz CT molecular complexity index is 567. The average molecular weight is 490 g/mol. The Morgan fingerprint density at radius 2 is 1.33 bits per heavy atom. The highest BCUT2D eigenvalue weighted by atomic mass is 79.9. The fourth-order valence-corrected chi connectivity index (χ4v) is 5.15. The lowest BCUT2D eigenvalue weighted by atomic mass is 10.5. The van der Waals surface area contributed by atoms with Gasteiger partial charge in [0.2, 0.25) is 0 Å². The fraction of sp³-hybridized carbons (Fsp3) is 0. The number of thiazole rings is 3. The van der Waals surface area contributed by atoms with Crippen LogP contribution in [0.3, 0.4) is 0 Å². The van der Waals surface area contributed by atoms with Crippen LogP contribution < -0.4 is 0 Å². The van der Waals surface area contributed by atoms with Crippen LogP contribution in [0.1, 0.15) is 0 Å². The zero-order chi connectivity index (χ0) is 13.0. The molecule has 0 atom stereocenters. The van der Waals surface area contributed by atoms with Gasteiger partial charge in [-0.15, -0.1) is 34.0 Å². The first-order valence-electron chi connectivity index (χ1n) is 4.40. The van der Waals surface area contributed by atoms with Crippen molar-refractivity contribution < 1.29 is 0 Å². The van der Waals surface area contributed by atoms with Crippen LogP contribution in [0.5, 0.6) is 0 Å². The van der Waals surface area contributed by atoms with Crippen LogP contribution in [-0.4, -0.2) is 15.0 Å². The molecule has 9 heteroatoms. The molecule has 3 heterocycles. The largest absolute Gasteiger partial charge is 0.238 e. The third-order valence-electron chi connectivity index (χ3n) is 1.66. The summed E-state index contributed by atoms with van der Waals surface area (Å²) in [5, 5.41) is 1.93. The van der Waals surface area contributed by atoms with Crippen molar-refractivity contribution in [2.45, 2.75) is 0 Å². The van der Waals surface area contributed by atoms with Crippen LogP contribution in [0.4, 0.5) is 0 Å². The van der Waals surface area contributed by atoms with Crippen molar-refractivity contribution in [3.8, 4) is 9.75 Å². The molecule has 0 aromatic carbocycles. The summed E-state index contributed by atoms with van der Waals surface area (Å²) >= 11 is 14.7. The minimum atomic E-state index is 0.887. The van der Waals surface area contributed by atoms with Gasteiger partial charge >= 0.3 is 0 Å². The summed E-state index contributed by atoms with van der Waals surface area (Å²) in [6.45, 7) is 0. The zero-order valence-electron chi connectivity index (χ0n) is 8.51. The van der Waals surface area contributed by atoms with Crippen molar-refractivity contribution >= 4 is 81.8 Å². The summed E-state index contributed by atoms with van der Waals surface area (Å²) < 4.78 is 2.70. The smallest absolute Gasteiger partial charge is 0.125 e. The first-order chi connectivity index (χ1) is 8.68. The standard InChI is InChI=1S/C6H2Br2N2S2.C3H2BrNS/c7-5-3(11-1-9-5)4-6(8)10-2-12-4;4-3-1-6-2-5-3/h1-2H;1-2H. The van der Waals surface area contributed by atoms with Gasteiger partial charge in [0, 0.05) is 5.38 Å². The number of halogens is 3. The van der Waals surface area contributed by atoms with E-state index >= 15 is 0 Å². The van der Waals surface area contributed by atoms with Gasteiger partial charge in [-0.05, 0) is 47.8 Å². The van der Waals surface area contributed by atoms with Gasteiger partial charge in [-0.2, -0.15) is 0 Å². The van der Waals surface area contributed by atoms with E-state index in [1.54, 1.807) is 39.5 Å². The molecule has 18 heavy (non-hydrogen) atoms. The molecule has 94 valence electrons. The third kappa shape index (κ3) is 3.91. The summed E-state index contributed by atoms with van der Waals surface area (Å²) in [6, 6.07) is 0. The summed E-state index contributed by atoms with van der Waals surface area (Å²) in [6.07, 6.45) is 0. The second-order valence-electron chi connectivity index (χ2n) is 2.76. The minimum Gasteiger partial charge on any atom is -0.238 e. The molecule has 0 spiro atoms.